The summed E-state index contributed by atoms with van der Waals surface area (Å²) in [7, 11) is 0. The van der Waals surface area contributed by atoms with E-state index in [1.807, 2.05) is 22.0 Å². The third-order valence-electron chi connectivity index (χ3n) is 3.53. The van der Waals surface area contributed by atoms with E-state index in [0.717, 1.165) is 22.2 Å². The van der Waals surface area contributed by atoms with E-state index in [0.29, 0.717) is 5.78 Å². The molecule has 114 valence electrons. The van der Waals surface area contributed by atoms with Crippen LogP contribution in [0.2, 0.25) is 0 Å². The Balaban J connectivity index is 1.66. The standard InChI is InChI=1S/C17H15N5S/c1-11-6-12(2)8-13(7-11)20-17-21-14(10-23-17)15-9-19-16-18-4-3-5-22(15)16/h3-10H,1-2H3,(H,20,21). The fraction of sp³-hybridized carbons (Fsp3) is 0.118. The van der Waals surface area contributed by atoms with Crippen molar-refractivity contribution in [2.45, 2.75) is 13.8 Å². The number of thiazole rings is 1. The second-order valence-corrected chi connectivity index (χ2v) is 6.33. The van der Waals surface area contributed by atoms with Gasteiger partial charge in [-0.25, -0.2) is 15.0 Å². The number of anilines is 2. The Hall–Kier alpha value is -2.73. The van der Waals surface area contributed by atoms with Crippen molar-refractivity contribution in [2.24, 2.45) is 0 Å². The fourth-order valence-corrected chi connectivity index (χ4v) is 3.36. The molecule has 0 unspecified atom stereocenters. The Morgan fingerprint density at radius 1 is 1.09 bits per heavy atom. The van der Waals surface area contributed by atoms with E-state index in [4.69, 9.17) is 0 Å². The second-order valence-electron chi connectivity index (χ2n) is 5.47. The van der Waals surface area contributed by atoms with E-state index >= 15 is 0 Å². The van der Waals surface area contributed by atoms with E-state index in [9.17, 15) is 0 Å². The number of hydrogen-bond donors (Lipinski definition) is 1. The molecule has 23 heavy (non-hydrogen) atoms. The topological polar surface area (TPSA) is 55.1 Å². The molecular formula is C17H15N5S. The van der Waals surface area contributed by atoms with Gasteiger partial charge in [0.2, 0.25) is 5.78 Å². The molecule has 1 N–H and O–H groups in total. The predicted octanol–water partition coefficient (Wildman–Crippen LogP) is 4.21. The smallest absolute Gasteiger partial charge is 0.234 e. The van der Waals surface area contributed by atoms with E-state index in [1.165, 1.54) is 11.1 Å². The first-order chi connectivity index (χ1) is 11.2. The molecule has 4 rings (SSSR count). The van der Waals surface area contributed by atoms with Crippen LogP contribution in [0, 0.1) is 13.8 Å². The van der Waals surface area contributed by atoms with Gasteiger partial charge in [-0.1, -0.05) is 6.07 Å². The van der Waals surface area contributed by atoms with Crippen molar-refractivity contribution in [3.05, 3.63) is 59.4 Å². The van der Waals surface area contributed by atoms with Gasteiger partial charge in [-0.3, -0.25) is 4.40 Å². The van der Waals surface area contributed by atoms with Gasteiger partial charge in [-0.15, -0.1) is 11.3 Å². The first-order valence-corrected chi connectivity index (χ1v) is 8.16. The minimum absolute atomic E-state index is 0.680. The molecule has 6 heteroatoms. The molecule has 0 saturated heterocycles. The first-order valence-electron chi connectivity index (χ1n) is 7.28. The van der Waals surface area contributed by atoms with Crippen LogP contribution in [0.15, 0.2) is 48.2 Å². The summed E-state index contributed by atoms with van der Waals surface area (Å²) in [5.41, 5.74) is 5.36. The molecule has 0 aliphatic carbocycles. The molecule has 0 fully saturated rings. The lowest BCUT2D eigenvalue weighted by molar-refractivity contribution is 1.11. The highest BCUT2D eigenvalue weighted by Gasteiger charge is 2.10. The summed E-state index contributed by atoms with van der Waals surface area (Å²) in [4.78, 5) is 13.2. The van der Waals surface area contributed by atoms with E-state index in [-0.39, 0.29) is 0 Å². The van der Waals surface area contributed by atoms with E-state index in [1.54, 1.807) is 23.7 Å². The van der Waals surface area contributed by atoms with Crippen LogP contribution >= 0.6 is 11.3 Å². The van der Waals surface area contributed by atoms with Gasteiger partial charge in [-0.2, -0.15) is 0 Å². The summed E-state index contributed by atoms with van der Waals surface area (Å²) in [6.45, 7) is 4.19. The molecule has 0 spiro atoms. The summed E-state index contributed by atoms with van der Waals surface area (Å²) < 4.78 is 1.94. The van der Waals surface area contributed by atoms with Crippen LogP contribution in [0.25, 0.3) is 17.2 Å². The Morgan fingerprint density at radius 2 is 1.91 bits per heavy atom. The third kappa shape index (κ3) is 2.68. The molecule has 0 radical (unpaired) electrons. The maximum absolute atomic E-state index is 4.68. The number of benzene rings is 1. The van der Waals surface area contributed by atoms with Gasteiger partial charge in [0.15, 0.2) is 5.13 Å². The summed E-state index contributed by atoms with van der Waals surface area (Å²) in [5.74, 6) is 0.680. The molecular weight excluding hydrogens is 306 g/mol. The molecule has 0 bridgehead atoms. The van der Waals surface area contributed by atoms with Crippen LogP contribution in [-0.4, -0.2) is 19.4 Å². The van der Waals surface area contributed by atoms with Crippen LogP contribution in [0.5, 0.6) is 0 Å². The van der Waals surface area contributed by atoms with E-state index < -0.39 is 0 Å². The average Bonchev–Trinajstić information content (AvgIpc) is 3.12. The lowest BCUT2D eigenvalue weighted by Gasteiger charge is -2.05. The molecule has 0 saturated carbocycles. The highest BCUT2D eigenvalue weighted by Crippen LogP contribution is 2.28. The summed E-state index contributed by atoms with van der Waals surface area (Å²) >= 11 is 1.58. The molecule has 5 nitrogen and oxygen atoms in total. The van der Waals surface area contributed by atoms with Crippen molar-refractivity contribution < 1.29 is 0 Å². The minimum Gasteiger partial charge on any atom is -0.332 e. The number of rotatable bonds is 3. The number of aromatic nitrogens is 4. The zero-order valence-electron chi connectivity index (χ0n) is 12.8. The van der Waals surface area contributed by atoms with Gasteiger partial charge >= 0.3 is 0 Å². The minimum atomic E-state index is 0.680. The van der Waals surface area contributed by atoms with Crippen molar-refractivity contribution >= 4 is 27.9 Å². The number of nitrogens with one attached hydrogen (secondary N) is 1. The van der Waals surface area contributed by atoms with Crippen molar-refractivity contribution in [1.29, 1.82) is 0 Å². The van der Waals surface area contributed by atoms with Crippen LogP contribution in [0.3, 0.4) is 0 Å². The number of imidazole rings is 1. The van der Waals surface area contributed by atoms with Gasteiger partial charge in [0.25, 0.3) is 0 Å². The maximum Gasteiger partial charge on any atom is 0.234 e. The quantitative estimate of drug-likeness (QED) is 0.614. The molecule has 0 aliphatic heterocycles. The van der Waals surface area contributed by atoms with Gasteiger partial charge in [-0.05, 0) is 43.2 Å². The van der Waals surface area contributed by atoms with E-state index in [2.05, 4.69) is 52.3 Å². The SMILES string of the molecule is Cc1cc(C)cc(Nc2nc(-c3cnc4ncccn34)cs2)c1. The highest BCUT2D eigenvalue weighted by molar-refractivity contribution is 7.14. The maximum atomic E-state index is 4.68. The number of hydrogen-bond acceptors (Lipinski definition) is 5. The largest absolute Gasteiger partial charge is 0.332 e. The third-order valence-corrected chi connectivity index (χ3v) is 4.29. The van der Waals surface area contributed by atoms with Crippen molar-refractivity contribution in [2.75, 3.05) is 5.32 Å². The molecule has 0 atom stereocenters. The number of aryl methyl sites for hydroxylation is 2. The van der Waals surface area contributed by atoms with Gasteiger partial charge in [0.05, 0.1) is 11.9 Å². The summed E-state index contributed by atoms with van der Waals surface area (Å²) in [5, 5.41) is 6.27. The zero-order valence-corrected chi connectivity index (χ0v) is 13.6. The lowest BCUT2D eigenvalue weighted by Crippen LogP contribution is -1.92. The highest BCUT2D eigenvalue weighted by atomic mass is 32.1. The Labute approximate surface area is 137 Å². The van der Waals surface area contributed by atoms with Crippen molar-refractivity contribution in [3.8, 4) is 11.4 Å². The molecule has 3 heterocycles. The van der Waals surface area contributed by atoms with Gasteiger partial charge < -0.3 is 5.32 Å². The Kier molecular flexibility index (Phi) is 3.31. The average molecular weight is 321 g/mol. The Bertz CT molecular complexity index is 965. The first kappa shape index (κ1) is 13.9. The molecule has 0 aliphatic rings. The molecule has 0 amide bonds. The predicted molar refractivity (Wildman–Crippen MR) is 93.3 cm³/mol. The number of nitrogens with zero attached hydrogens (tertiary/aromatic N) is 4. The zero-order chi connectivity index (χ0) is 15.8. The summed E-state index contributed by atoms with van der Waals surface area (Å²) in [6.07, 6.45) is 5.49. The van der Waals surface area contributed by atoms with Crippen molar-refractivity contribution in [1.82, 2.24) is 19.4 Å². The van der Waals surface area contributed by atoms with Crippen molar-refractivity contribution in [3.63, 3.8) is 0 Å². The van der Waals surface area contributed by atoms with Crippen LogP contribution in [0.4, 0.5) is 10.8 Å². The monoisotopic (exact) mass is 321 g/mol. The number of fused-ring (bicyclic) bond motifs is 1. The Morgan fingerprint density at radius 3 is 2.74 bits per heavy atom. The second kappa shape index (κ2) is 5.48. The molecule has 1 aromatic carbocycles. The normalized spacial score (nSPS) is 11.0. The molecule has 3 aromatic heterocycles. The van der Waals surface area contributed by atoms with Crippen LogP contribution < -0.4 is 5.32 Å². The van der Waals surface area contributed by atoms with Crippen LogP contribution in [0.1, 0.15) is 11.1 Å². The summed E-state index contributed by atoms with van der Waals surface area (Å²) in [6, 6.07) is 8.28. The van der Waals surface area contributed by atoms with Crippen LogP contribution in [-0.2, 0) is 0 Å². The van der Waals surface area contributed by atoms with Gasteiger partial charge in [0.1, 0.15) is 5.69 Å². The fourth-order valence-electron chi connectivity index (χ4n) is 2.64. The molecule has 4 aromatic rings. The van der Waals surface area contributed by atoms with Gasteiger partial charge in [0, 0.05) is 23.5 Å². The lowest BCUT2D eigenvalue weighted by atomic mass is 10.1.